The third-order valence-electron chi connectivity index (χ3n) is 3.44. The van der Waals surface area contributed by atoms with E-state index in [1.54, 1.807) is 20.4 Å². The van der Waals surface area contributed by atoms with Gasteiger partial charge in [0.15, 0.2) is 0 Å². The van der Waals surface area contributed by atoms with E-state index in [1.165, 1.54) is 0 Å². The molecule has 3 rings (SSSR count). The van der Waals surface area contributed by atoms with Gasteiger partial charge in [-0.05, 0) is 64.5 Å². The molecule has 128 valence electrons. The molecule has 25 heavy (non-hydrogen) atoms. The van der Waals surface area contributed by atoms with Crippen LogP contribution in [0.15, 0.2) is 59.2 Å². The standard InChI is InChI=1S/C18H17BrN4O2/c1-24-14-7-3-12(4-8-14)21-17-16(19)11-20-18(23-17)22-13-5-9-15(25-2)10-6-13/h3-11H,1-2H3,(H2,20,21,22,23). The lowest BCUT2D eigenvalue weighted by atomic mass is 10.3. The van der Waals surface area contributed by atoms with Crippen molar-refractivity contribution in [2.45, 2.75) is 0 Å². The van der Waals surface area contributed by atoms with Gasteiger partial charge in [0.1, 0.15) is 17.3 Å². The third-order valence-corrected chi connectivity index (χ3v) is 4.02. The molecule has 7 heteroatoms. The van der Waals surface area contributed by atoms with Crippen LogP contribution in [-0.2, 0) is 0 Å². The molecule has 0 atom stereocenters. The van der Waals surface area contributed by atoms with Gasteiger partial charge in [-0.1, -0.05) is 0 Å². The first-order valence-corrected chi connectivity index (χ1v) is 8.32. The molecule has 0 radical (unpaired) electrons. The summed E-state index contributed by atoms with van der Waals surface area (Å²) >= 11 is 3.46. The van der Waals surface area contributed by atoms with Crippen molar-refractivity contribution in [2.24, 2.45) is 0 Å². The molecule has 0 amide bonds. The second-order valence-corrected chi connectivity index (χ2v) is 5.95. The zero-order chi connectivity index (χ0) is 17.6. The van der Waals surface area contributed by atoms with E-state index in [2.05, 4.69) is 36.5 Å². The van der Waals surface area contributed by atoms with E-state index in [1.807, 2.05) is 48.5 Å². The number of nitrogens with one attached hydrogen (secondary N) is 2. The Hall–Kier alpha value is -2.80. The summed E-state index contributed by atoms with van der Waals surface area (Å²) in [6.45, 7) is 0. The van der Waals surface area contributed by atoms with Crippen LogP contribution in [0.25, 0.3) is 0 Å². The number of anilines is 4. The van der Waals surface area contributed by atoms with Crippen molar-refractivity contribution in [3.8, 4) is 11.5 Å². The van der Waals surface area contributed by atoms with Crippen molar-refractivity contribution >= 4 is 39.1 Å². The Kier molecular flexibility index (Phi) is 5.35. The molecule has 0 aliphatic heterocycles. The van der Waals surface area contributed by atoms with Crippen LogP contribution >= 0.6 is 15.9 Å². The molecule has 0 aliphatic carbocycles. The highest BCUT2D eigenvalue weighted by Gasteiger charge is 2.06. The molecule has 6 nitrogen and oxygen atoms in total. The van der Waals surface area contributed by atoms with E-state index < -0.39 is 0 Å². The predicted octanol–water partition coefficient (Wildman–Crippen LogP) is 4.74. The molecule has 0 spiro atoms. The zero-order valence-electron chi connectivity index (χ0n) is 13.8. The highest BCUT2D eigenvalue weighted by Crippen LogP contribution is 2.26. The van der Waals surface area contributed by atoms with E-state index in [-0.39, 0.29) is 0 Å². The number of rotatable bonds is 6. The summed E-state index contributed by atoms with van der Waals surface area (Å²) in [6, 6.07) is 15.2. The van der Waals surface area contributed by atoms with Gasteiger partial charge in [-0.2, -0.15) is 4.98 Å². The Labute approximate surface area is 154 Å². The topological polar surface area (TPSA) is 68.3 Å². The maximum absolute atomic E-state index is 5.16. The van der Waals surface area contributed by atoms with E-state index in [9.17, 15) is 0 Å². The molecular weight excluding hydrogens is 384 g/mol. The second-order valence-electron chi connectivity index (χ2n) is 5.10. The smallest absolute Gasteiger partial charge is 0.229 e. The third kappa shape index (κ3) is 4.39. The van der Waals surface area contributed by atoms with Crippen LogP contribution in [0.4, 0.5) is 23.1 Å². The summed E-state index contributed by atoms with van der Waals surface area (Å²) in [4.78, 5) is 8.79. The van der Waals surface area contributed by atoms with Crippen LogP contribution in [0, 0.1) is 0 Å². The fourth-order valence-electron chi connectivity index (χ4n) is 2.13. The minimum Gasteiger partial charge on any atom is -0.497 e. The van der Waals surface area contributed by atoms with Gasteiger partial charge < -0.3 is 20.1 Å². The van der Waals surface area contributed by atoms with E-state index in [0.29, 0.717) is 11.8 Å². The summed E-state index contributed by atoms with van der Waals surface area (Å²) < 4.78 is 11.1. The Morgan fingerprint density at radius 1 is 0.800 bits per heavy atom. The largest absolute Gasteiger partial charge is 0.497 e. The second kappa shape index (κ2) is 7.85. The summed E-state index contributed by atoms with van der Waals surface area (Å²) in [5.74, 6) is 2.75. The Morgan fingerprint density at radius 2 is 1.32 bits per heavy atom. The first kappa shape index (κ1) is 17.0. The minimum absolute atomic E-state index is 0.490. The molecule has 0 unspecified atom stereocenters. The monoisotopic (exact) mass is 400 g/mol. The van der Waals surface area contributed by atoms with Gasteiger partial charge in [-0.25, -0.2) is 4.98 Å². The van der Waals surface area contributed by atoms with Crippen LogP contribution in [0.3, 0.4) is 0 Å². The fourth-order valence-corrected chi connectivity index (χ4v) is 2.42. The number of benzene rings is 2. The van der Waals surface area contributed by atoms with Crippen molar-refractivity contribution in [1.29, 1.82) is 0 Å². The van der Waals surface area contributed by atoms with Crippen molar-refractivity contribution in [2.75, 3.05) is 24.9 Å². The molecule has 0 bridgehead atoms. The number of ether oxygens (including phenoxy) is 2. The Morgan fingerprint density at radius 3 is 1.84 bits per heavy atom. The van der Waals surface area contributed by atoms with Gasteiger partial charge >= 0.3 is 0 Å². The average Bonchev–Trinajstić information content (AvgIpc) is 2.66. The van der Waals surface area contributed by atoms with Crippen molar-refractivity contribution in [1.82, 2.24) is 9.97 Å². The first-order valence-electron chi connectivity index (χ1n) is 7.52. The number of hydrogen-bond donors (Lipinski definition) is 2. The lowest BCUT2D eigenvalue weighted by molar-refractivity contribution is 0.415. The summed E-state index contributed by atoms with van der Waals surface area (Å²) in [7, 11) is 3.28. The molecule has 3 aromatic rings. The fraction of sp³-hybridized carbons (Fsp3) is 0.111. The maximum atomic E-state index is 5.16. The molecule has 0 saturated heterocycles. The van der Waals surface area contributed by atoms with E-state index in [4.69, 9.17) is 9.47 Å². The van der Waals surface area contributed by atoms with Crippen LogP contribution in [0.2, 0.25) is 0 Å². The minimum atomic E-state index is 0.490. The van der Waals surface area contributed by atoms with Crippen molar-refractivity contribution < 1.29 is 9.47 Å². The molecule has 0 fully saturated rings. The Bertz CT molecular complexity index is 839. The SMILES string of the molecule is COc1ccc(Nc2ncc(Br)c(Nc3ccc(OC)cc3)n2)cc1. The van der Waals surface area contributed by atoms with Crippen LogP contribution < -0.4 is 20.1 Å². The Balaban J connectivity index is 1.76. The van der Waals surface area contributed by atoms with Crippen LogP contribution in [0.5, 0.6) is 11.5 Å². The van der Waals surface area contributed by atoms with E-state index in [0.717, 1.165) is 27.3 Å². The van der Waals surface area contributed by atoms with Crippen LogP contribution in [0.1, 0.15) is 0 Å². The number of hydrogen-bond acceptors (Lipinski definition) is 6. The summed E-state index contributed by atoms with van der Waals surface area (Å²) in [5.41, 5.74) is 1.77. The van der Waals surface area contributed by atoms with Gasteiger partial charge in [0.25, 0.3) is 0 Å². The molecule has 0 aliphatic rings. The zero-order valence-corrected chi connectivity index (χ0v) is 15.4. The molecule has 2 aromatic carbocycles. The average molecular weight is 401 g/mol. The summed E-state index contributed by atoms with van der Waals surface area (Å²) in [5, 5.41) is 6.42. The highest BCUT2D eigenvalue weighted by atomic mass is 79.9. The molecule has 0 saturated carbocycles. The number of nitrogens with zero attached hydrogens (tertiary/aromatic N) is 2. The van der Waals surface area contributed by atoms with Gasteiger partial charge in [-0.15, -0.1) is 0 Å². The lowest BCUT2D eigenvalue weighted by Crippen LogP contribution is -2.01. The lowest BCUT2D eigenvalue weighted by Gasteiger charge is -2.11. The molecule has 2 N–H and O–H groups in total. The normalized spacial score (nSPS) is 10.2. The van der Waals surface area contributed by atoms with Gasteiger partial charge in [0.2, 0.25) is 5.95 Å². The van der Waals surface area contributed by atoms with Crippen molar-refractivity contribution in [3.63, 3.8) is 0 Å². The van der Waals surface area contributed by atoms with Gasteiger partial charge in [0, 0.05) is 17.6 Å². The highest BCUT2D eigenvalue weighted by molar-refractivity contribution is 9.10. The first-order chi connectivity index (χ1) is 12.2. The van der Waals surface area contributed by atoms with Crippen molar-refractivity contribution in [3.05, 3.63) is 59.2 Å². The summed E-state index contributed by atoms with van der Waals surface area (Å²) in [6.07, 6.45) is 1.70. The number of halogens is 1. The molecule has 1 aromatic heterocycles. The maximum Gasteiger partial charge on any atom is 0.229 e. The van der Waals surface area contributed by atoms with E-state index >= 15 is 0 Å². The predicted molar refractivity (Wildman–Crippen MR) is 102 cm³/mol. The van der Waals surface area contributed by atoms with Crippen LogP contribution in [-0.4, -0.2) is 24.2 Å². The number of methoxy groups -OCH3 is 2. The molecule has 1 heterocycles. The quantitative estimate of drug-likeness (QED) is 0.622. The van der Waals surface area contributed by atoms with Gasteiger partial charge in [-0.3, -0.25) is 0 Å². The van der Waals surface area contributed by atoms with Gasteiger partial charge in [0.05, 0.1) is 18.7 Å². The number of aromatic nitrogens is 2. The molecular formula is C18H17BrN4O2.